The molecule has 0 aromatic heterocycles. The molecule has 0 saturated heterocycles. The average molecular weight is 313 g/mol. The molecule has 0 aliphatic carbocycles. The molecule has 1 aliphatic rings. The van der Waals surface area contributed by atoms with Crippen LogP contribution in [0.5, 0.6) is 17.2 Å². The van der Waals surface area contributed by atoms with Crippen LogP contribution in [0.25, 0.3) is 0 Å². The fraction of sp³-hybridized carbons (Fsp3) is 0.278. The Kier molecular flexibility index (Phi) is 4.37. The van der Waals surface area contributed by atoms with Crippen LogP contribution in [0.1, 0.15) is 11.1 Å². The molecule has 1 aliphatic heterocycles. The van der Waals surface area contributed by atoms with Gasteiger partial charge >= 0.3 is 0 Å². The van der Waals surface area contributed by atoms with Gasteiger partial charge in [-0.15, -0.1) is 0 Å². The highest BCUT2D eigenvalue weighted by Gasteiger charge is 2.13. The summed E-state index contributed by atoms with van der Waals surface area (Å²) < 4.78 is 16.5. The van der Waals surface area contributed by atoms with Crippen molar-refractivity contribution < 1.29 is 19.0 Å². The first-order valence-electron chi connectivity index (χ1n) is 7.51. The molecule has 0 spiro atoms. The Labute approximate surface area is 135 Å². The number of amides is 1. The van der Waals surface area contributed by atoms with Crippen LogP contribution in [0.4, 0.5) is 5.69 Å². The van der Waals surface area contributed by atoms with Gasteiger partial charge in [-0.3, -0.25) is 4.79 Å². The summed E-state index contributed by atoms with van der Waals surface area (Å²) >= 11 is 0. The number of nitrogens with one attached hydrogen (secondary N) is 1. The van der Waals surface area contributed by atoms with E-state index < -0.39 is 0 Å². The first kappa shape index (κ1) is 15.2. The lowest BCUT2D eigenvalue weighted by molar-refractivity contribution is -0.118. The number of anilines is 1. The molecule has 0 radical (unpaired) electrons. The Morgan fingerprint density at radius 2 is 1.83 bits per heavy atom. The van der Waals surface area contributed by atoms with Crippen LogP contribution in [-0.4, -0.2) is 25.7 Å². The first-order chi connectivity index (χ1) is 11.1. The number of aryl methyl sites for hydroxylation is 2. The number of carbonyl (C=O) groups excluding carboxylic acids is 1. The molecule has 2 aromatic rings. The molecular weight excluding hydrogens is 294 g/mol. The normalized spacial score (nSPS) is 12.6. The van der Waals surface area contributed by atoms with Gasteiger partial charge < -0.3 is 19.5 Å². The fourth-order valence-electron chi connectivity index (χ4n) is 2.27. The number of carbonyl (C=O) groups is 1. The molecule has 3 rings (SSSR count). The summed E-state index contributed by atoms with van der Waals surface area (Å²) in [5, 5.41) is 2.79. The van der Waals surface area contributed by atoms with Crippen LogP contribution in [0.15, 0.2) is 36.4 Å². The lowest BCUT2D eigenvalue weighted by Crippen LogP contribution is -2.20. The highest BCUT2D eigenvalue weighted by molar-refractivity contribution is 5.92. The maximum Gasteiger partial charge on any atom is 0.262 e. The van der Waals surface area contributed by atoms with Gasteiger partial charge in [-0.25, -0.2) is 0 Å². The van der Waals surface area contributed by atoms with E-state index in [1.165, 1.54) is 5.56 Å². The molecule has 120 valence electrons. The second-order valence-electron chi connectivity index (χ2n) is 5.44. The lowest BCUT2D eigenvalue weighted by atomic mass is 10.1. The smallest absolute Gasteiger partial charge is 0.262 e. The van der Waals surface area contributed by atoms with Crippen molar-refractivity contribution in [3.05, 3.63) is 47.5 Å². The van der Waals surface area contributed by atoms with Crippen molar-refractivity contribution in [1.82, 2.24) is 0 Å². The third-order valence-corrected chi connectivity index (χ3v) is 3.67. The summed E-state index contributed by atoms with van der Waals surface area (Å²) in [5.41, 5.74) is 2.98. The van der Waals surface area contributed by atoms with Crippen molar-refractivity contribution >= 4 is 11.6 Å². The zero-order valence-electron chi connectivity index (χ0n) is 13.2. The molecule has 0 fully saturated rings. The summed E-state index contributed by atoms with van der Waals surface area (Å²) in [6, 6.07) is 11.1. The topological polar surface area (TPSA) is 56.8 Å². The number of benzene rings is 2. The molecule has 1 heterocycles. The SMILES string of the molecule is Cc1ccc(OCC(=O)Nc2ccc3c(c2)OCCO3)cc1C. The molecule has 0 unspecified atom stereocenters. The van der Waals surface area contributed by atoms with Gasteiger partial charge in [0.1, 0.15) is 19.0 Å². The summed E-state index contributed by atoms with van der Waals surface area (Å²) in [4.78, 5) is 12.0. The van der Waals surface area contributed by atoms with E-state index in [9.17, 15) is 4.79 Å². The second-order valence-corrected chi connectivity index (χ2v) is 5.44. The molecule has 0 bridgehead atoms. The van der Waals surface area contributed by atoms with E-state index in [2.05, 4.69) is 5.32 Å². The van der Waals surface area contributed by atoms with Crippen LogP contribution >= 0.6 is 0 Å². The minimum absolute atomic E-state index is 0.0447. The zero-order valence-corrected chi connectivity index (χ0v) is 13.2. The Hall–Kier alpha value is -2.69. The van der Waals surface area contributed by atoms with Gasteiger partial charge in [0.25, 0.3) is 5.91 Å². The van der Waals surface area contributed by atoms with Crippen LogP contribution in [0, 0.1) is 13.8 Å². The molecule has 0 saturated carbocycles. The molecule has 5 heteroatoms. The molecule has 0 atom stereocenters. The van der Waals surface area contributed by atoms with Crippen LogP contribution in [0.3, 0.4) is 0 Å². The van der Waals surface area contributed by atoms with Gasteiger partial charge in [-0.05, 0) is 49.2 Å². The number of fused-ring (bicyclic) bond motifs is 1. The largest absolute Gasteiger partial charge is 0.486 e. The van der Waals surface area contributed by atoms with Gasteiger partial charge in [0.05, 0.1) is 0 Å². The predicted octanol–water partition coefficient (Wildman–Crippen LogP) is 3.09. The lowest BCUT2D eigenvalue weighted by Gasteiger charge is -2.19. The monoisotopic (exact) mass is 313 g/mol. The van der Waals surface area contributed by atoms with E-state index in [4.69, 9.17) is 14.2 Å². The molecule has 2 aromatic carbocycles. The van der Waals surface area contributed by atoms with Gasteiger partial charge in [0.15, 0.2) is 18.1 Å². The van der Waals surface area contributed by atoms with Crippen LogP contribution in [-0.2, 0) is 4.79 Å². The fourth-order valence-corrected chi connectivity index (χ4v) is 2.27. The second kappa shape index (κ2) is 6.60. The standard InChI is InChI=1S/C18H19NO4/c1-12-3-5-15(9-13(12)2)23-11-18(20)19-14-4-6-16-17(10-14)22-8-7-21-16/h3-6,9-10H,7-8,11H2,1-2H3,(H,19,20). The molecular formula is C18H19NO4. The minimum atomic E-state index is -0.222. The molecule has 1 N–H and O–H groups in total. The Morgan fingerprint density at radius 3 is 2.61 bits per heavy atom. The Balaban J connectivity index is 1.57. The number of hydrogen-bond donors (Lipinski definition) is 1. The van der Waals surface area contributed by atoms with Gasteiger partial charge in [-0.2, -0.15) is 0 Å². The number of rotatable bonds is 4. The average Bonchev–Trinajstić information content (AvgIpc) is 2.56. The van der Waals surface area contributed by atoms with Gasteiger partial charge in [0.2, 0.25) is 0 Å². The zero-order chi connectivity index (χ0) is 16.2. The van der Waals surface area contributed by atoms with E-state index >= 15 is 0 Å². The highest BCUT2D eigenvalue weighted by Crippen LogP contribution is 2.32. The summed E-state index contributed by atoms with van der Waals surface area (Å²) in [6.45, 7) is 5.06. The predicted molar refractivity (Wildman–Crippen MR) is 87.5 cm³/mol. The van der Waals surface area contributed by atoms with Crippen LogP contribution < -0.4 is 19.5 Å². The summed E-state index contributed by atoms with van der Waals surface area (Å²) in [7, 11) is 0. The molecule has 5 nitrogen and oxygen atoms in total. The van der Waals surface area contributed by atoms with Gasteiger partial charge in [-0.1, -0.05) is 6.07 Å². The van der Waals surface area contributed by atoms with E-state index in [1.54, 1.807) is 18.2 Å². The van der Waals surface area contributed by atoms with Gasteiger partial charge in [0, 0.05) is 11.8 Å². The molecule has 23 heavy (non-hydrogen) atoms. The minimum Gasteiger partial charge on any atom is -0.486 e. The summed E-state index contributed by atoms with van der Waals surface area (Å²) in [5.74, 6) is 1.80. The molecule has 1 amide bonds. The van der Waals surface area contributed by atoms with Crippen LogP contribution in [0.2, 0.25) is 0 Å². The number of ether oxygens (including phenoxy) is 3. The number of hydrogen-bond acceptors (Lipinski definition) is 4. The van der Waals surface area contributed by atoms with Crippen molar-refractivity contribution in [1.29, 1.82) is 0 Å². The third kappa shape index (κ3) is 3.74. The maximum absolute atomic E-state index is 12.0. The van der Waals surface area contributed by atoms with Crippen molar-refractivity contribution in [3.63, 3.8) is 0 Å². The van der Waals surface area contributed by atoms with Crippen molar-refractivity contribution in [2.45, 2.75) is 13.8 Å². The maximum atomic E-state index is 12.0. The Morgan fingerprint density at radius 1 is 1.04 bits per heavy atom. The van der Waals surface area contributed by atoms with E-state index in [1.807, 2.05) is 32.0 Å². The third-order valence-electron chi connectivity index (χ3n) is 3.67. The first-order valence-corrected chi connectivity index (χ1v) is 7.51. The van der Waals surface area contributed by atoms with E-state index in [0.29, 0.717) is 36.1 Å². The summed E-state index contributed by atoms with van der Waals surface area (Å²) in [6.07, 6.45) is 0. The highest BCUT2D eigenvalue weighted by atomic mass is 16.6. The van der Waals surface area contributed by atoms with Crippen molar-refractivity contribution in [2.24, 2.45) is 0 Å². The van der Waals surface area contributed by atoms with Crippen molar-refractivity contribution in [3.8, 4) is 17.2 Å². The van der Waals surface area contributed by atoms with E-state index in [0.717, 1.165) is 5.56 Å². The Bertz CT molecular complexity index is 727. The van der Waals surface area contributed by atoms with E-state index in [-0.39, 0.29) is 12.5 Å². The quantitative estimate of drug-likeness (QED) is 0.942. The van der Waals surface area contributed by atoms with Crippen molar-refractivity contribution in [2.75, 3.05) is 25.1 Å².